The summed E-state index contributed by atoms with van der Waals surface area (Å²) in [5.74, 6) is 2.55. The number of benzene rings is 1. The number of ether oxygens (including phenoxy) is 1. The monoisotopic (exact) mass is 451 g/mol. The molecule has 1 N–H and O–H groups in total. The highest BCUT2D eigenvalue weighted by Crippen LogP contribution is 2.37. The predicted molar refractivity (Wildman–Crippen MR) is 132 cm³/mol. The smallest absolute Gasteiger partial charge is 0.146 e. The minimum absolute atomic E-state index is 0.618. The summed E-state index contributed by atoms with van der Waals surface area (Å²) in [5.41, 5.74) is 2.44. The summed E-state index contributed by atoms with van der Waals surface area (Å²) in [7, 11) is 0. The number of hydrogen-bond donors (Lipinski definition) is 1. The van der Waals surface area contributed by atoms with Crippen LogP contribution >= 0.6 is 11.3 Å². The number of nitrogens with one attached hydrogen (secondary N) is 1. The van der Waals surface area contributed by atoms with Crippen LogP contribution in [0.15, 0.2) is 35.7 Å². The number of fused-ring (bicyclic) bond motifs is 1. The Morgan fingerprint density at radius 3 is 2.69 bits per heavy atom. The minimum Gasteiger partial charge on any atom is -0.379 e. The van der Waals surface area contributed by atoms with E-state index in [1.165, 1.54) is 24.1 Å². The molecule has 4 heterocycles. The zero-order chi connectivity index (χ0) is 21.9. The van der Waals surface area contributed by atoms with E-state index < -0.39 is 0 Å². The molecule has 32 heavy (non-hydrogen) atoms. The van der Waals surface area contributed by atoms with Crippen molar-refractivity contribution in [1.82, 2.24) is 19.8 Å². The van der Waals surface area contributed by atoms with Crippen molar-refractivity contribution in [3.8, 4) is 11.1 Å². The van der Waals surface area contributed by atoms with Gasteiger partial charge in [-0.2, -0.15) is 0 Å². The highest BCUT2D eigenvalue weighted by Gasteiger charge is 2.25. The van der Waals surface area contributed by atoms with Crippen molar-refractivity contribution in [3.63, 3.8) is 0 Å². The number of rotatable bonds is 7. The molecule has 1 atom stereocenters. The molecular formula is C25H33N5OS. The third kappa shape index (κ3) is 4.81. The lowest BCUT2D eigenvalue weighted by atomic mass is 10.1. The number of anilines is 1. The van der Waals surface area contributed by atoms with Crippen molar-refractivity contribution in [3.05, 3.63) is 41.5 Å². The van der Waals surface area contributed by atoms with Crippen LogP contribution in [0.25, 0.3) is 21.3 Å². The average molecular weight is 452 g/mol. The van der Waals surface area contributed by atoms with Crippen molar-refractivity contribution in [2.75, 3.05) is 51.3 Å². The highest BCUT2D eigenvalue weighted by molar-refractivity contribution is 7.17. The SMILES string of the molecule is CC(C)N1CCC(CNc2nc(CN3CCOCC3)nc3scc(-c4ccccc4)c23)C1. The highest BCUT2D eigenvalue weighted by atomic mass is 32.1. The molecule has 0 bridgehead atoms. The molecule has 170 valence electrons. The summed E-state index contributed by atoms with van der Waals surface area (Å²) in [6.07, 6.45) is 1.25. The topological polar surface area (TPSA) is 53.5 Å². The maximum atomic E-state index is 5.51. The zero-order valence-electron chi connectivity index (χ0n) is 19.1. The number of morpholine rings is 1. The number of nitrogens with zero attached hydrogens (tertiary/aromatic N) is 4. The van der Waals surface area contributed by atoms with Crippen LogP contribution in [0.5, 0.6) is 0 Å². The van der Waals surface area contributed by atoms with Crippen LogP contribution in [0.2, 0.25) is 0 Å². The first-order chi connectivity index (χ1) is 15.7. The third-order valence-electron chi connectivity index (χ3n) is 6.64. The molecule has 0 aliphatic carbocycles. The van der Waals surface area contributed by atoms with E-state index in [0.717, 1.165) is 67.8 Å². The second kappa shape index (κ2) is 9.83. The van der Waals surface area contributed by atoms with Gasteiger partial charge in [0.15, 0.2) is 0 Å². The summed E-state index contributed by atoms with van der Waals surface area (Å²) in [4.78, 5) is 16.1. The van der Waals surface area contributed by atoms with Crippen LogP contribution in [0.4, 0.5) is 5.82 Å². The molecule has 1 aromatic carbocycles. The molecule has 0 saturated carbocycles. The molecule has 2 fully saturated rings. The maximum absolute atomic E-state index is 5.51. The normalized spacial score (nSPS) is 20.4. The number of thiophene rings is 1. The Morgan fingerprint density at radius 1 is 1.12 bits per heavy atom. The van der Waals surface area contributed by atoms with Gasteiger partial charge in [0, 0.05) is 43.2 Å². The van der Waals surface area contributed by atoms with E-state index in [9.17, 15) is 0 Å². The van der Waals surface area contributed by atoms with E-state index >= 15 is 0 Å². The lowest BCUT2D eigenvalue weighted by Gasteiger charge is -2.26. The average Bonchev–Trinajstić information content (AvgIpc) is 3.46. The van der Waals surface area contributed by atoms with Gasteiger partial charge in [-0.05, 0) is 38.3 Å². The Labute approximate surface area is 194 Å². The first-order valence-electron chi connectivity index (χ1n) is 11.8. The molecule has 0 spiro atoms. The molecule has 2 aromatic heterocycles. The third-order valence-corrected chi connectivity index (χ3v) is 7.51. The molecular weight excluding hydrogens is 418 g/mol. The summed E-state index contributed by atoms with van der Waals surface area (Å²) in [6.45, 7) is 12.1. The van der Waals surface area contributed by atoms with E-state index in [1.54, 1.807) is 11.3 Å². The quantitative estimate of drug-likeness (QED) is 0.577. The van der Waals surface area contributed by atoms with Gasteiger partial charge in [-0.15, -0.1) is 11.3 Å². The van der Waals surface area contributed by atoms with Crippen molar-refractivity contribution in [2.24, 2.45) is 5.92 Å². The van der Waals surface area contributed by atoms with Crippen LogP contribution < -0.4 is 5.32 Å². The van der Waals surface area contributed by atoms with Crippen molar-refractivity contribution >= 4 is 27.4 Å². The van der Waals surface area contributed by atoms with Gasteiger partial charge in [0.05, 0.1) is 25.1 Å². The fourth-order valence-electron chi connectivity index (χ4n) is 4.71. The lowest BCUT2D eigenvalue weighted by Crippen LogP contribution is -2.36. The fourth-order valence-corrected chi connectivity index (χ4v) is 5.68. The molecule has 5 rings (SSSR count). The molecule has 3 aromatic rings. The standard InChI is InChI=1S/C25H33N5OS/c1-18(2)30-9-8-19(15-30)14-26-24-23-21(20-6-4-3-5-7-20)17-32-25(23)28-22(27-24)16-29-10-12-31-13-11-29/h3-7,17-19H,8-16H2,1-2H3,(H,26,27,28). The van der Waals surface area contributed by atoms with Gasteiger partial charge >= 0.3 is 0 Å². The van der Waals surface area contributed by atoms with Gasteiger partial charge in [-0.1, -0.05) is 30.3 Å². The van der Waals surface area contributed by atoms with E-state index in [2.05, 4.69) is 64.7 Å². The second-order valence-electron chi connectivity index (χ2n) is 9.20. The van der Waals surface area contributed by atoms with Crippen LogP contribution in [0, 0.1) is 5.92 Å². The number of likely N-dealkylation sites (tertiary alicyclic amines) is 1. The largest absolute Gasteiger partial charge is 0.379 e. The fraction of sp³-hybridized carbons (Fsp3) is 0.520. The van der Waals surface area contributed by atoms with Crippen LogP contribution in [0.1, 0.15) is 26.1 Å². The Balaban J connectivity index is 1.43. The van der Waals surface area contributed by atoms with E-state index in [1.807, 2.05) is 0 Å². The molecule has 0 radical (unpaired) electrons. The van der Waals surface area contributed by atoms with E-state index in [0.29, 0.717) is 12.0 Å². The summed E-state index contributed by atoms with van der Waals surface area (Å²) >= 11 is 1.72. The van der Waals surface area contributed by atoms with Gasteiger partial charge in [-0.25, -0.2) is 9.97 Å². The minimum atomic E-state index is 0.618. The second-order valence-corrected chi connectivity index (χ2v) is 10.1. The van der Waals surface area contributed by atoms with Crippen LogP contribution in [-0.4, -0.2) is 71.7 Å². The Kier molecular flexibility index (Phi) is 6.69. The van der Waals surface area contributed by atoms with Crippen LogP contribution in [0.3, 0.4) is 0 Å². The zero-order valence-corrected chi connectivity index (χ0v) is 19.9. The van der Waals surface area contributed by atoms with Crippen molar-refractivity contribution < 1.29 is 4.74 Å². The molecule has 7 heteroatoms. The molecule has 0 amide bonds. The first-order valence-corrected chi connectivity index (χ1v) is 12.7. The van der Waals surface area contributed by atoms with Gasteiger partial charge < -0.3 is 15.0 Å². The van der Waals surface area contributed by atoms with Crippen molar-refractivity contribution in [2.45, 2.75) is 32.9 Å². The number of hydrogen-bond acceptors (Lipinski definition) is 7. The summed E-state index contributed by atoms with van der Waals surface area (Å²) < 4.78 is 5.51. The number of aromatic nitrogens is 2. The van der Waals surface area contributed by atoms with Gasteiger partial charge in [0.1, 0.15) is 16.5 Å². The lowest BCUT2D eigenvalue weighted by molar-refractivity contribution is 0.0331. The molecule has 6 nitrogen and oxygen atoms in total. The summed E-state index contributed by atoms with van der Waals surface area (Å²) in [5, 5.41) is 7.14. The van der Waals surface area contributed by atoms with Gasteiger partial charge in [0.25, 0.3) is 0 Å². The first kappa shape index (κ1) is 21.8. The molecule has 2 aliphatic heterocycles. The molecule has 1 unspecified atom stereocenters. The van der Waals surface area contributed by atoms with Crippen LogP contribution in [-0.2, 0) is 11.3 Å². The van der Waals surface area contributed by atoms with Gasteiger partial charge in [-0.3, -0.25) is 4.90 Å². The van der Waals surface area contributed by atoms with Crippen molar-refractivity contribution in [1.29, 1.82) is 0 Å². The van der Waals surface area contributed by atoms with E-state index in [4.69, 9.17) is 14.7 Å². The predicted octanol–water partition coefficient (Wildman–Crippen LogP) is 4.33. The Hall–Kier alpha value is -2.06. The van der Waals surface area contributed by atoms with E-state index in [-0.39, 0.29) is 0 Å². The Bertz CT molecular complexity index is 1030. The Morgan fingerprint density at radius 2 is 1.94 bits per heavy atom. The summed E-state index contributed by atoms with van der Waals surface area (Å²) in [6, 6.07) is 11.2. The van der Waals surface area contributed by atoms with Gasteiger partial charge in [0.2, 0.25) is 0 Å². The maximum Gasteiger partial charge on any atom is 0.146 e. The molecule has 2 aliphatic rings. The molecule has 2 saturated heterocycles.